The number of hydrogen-bond donors (Lipinski definition) is 0. The molecular formula is C10H11LiO2. The van der Waals surface area contributed by atoms with Crippen molar-refractivity contribution in [3.63, 3.8) is 0 Å². The molecule has 0 aliphatic carbocycles. The van der Waals surface area contributed by atoms with Gasteiger partial charge < -0.3 is 4.74 Å². The van der Waals surface area contributed by atoms with E-state index in [0.29, 0.717) is 0 Å². The zero-order valence-corrected chi connectivity index (χ0v) is 6.86. The molecule has 13 heavy (non-hydrogen) atoms. The van der Waals surface area contributed by atoms with Gasteiger partial charge in [0.05, 0.1) is 6.26 Å². The number of carbonyl (C=O) groups excluding carboxylic acids is 1. The maximum absolute atomic E-state index is 10.4. The molecule has 1 aromatic rings. The summed E-state index contributed by atoms with van der Waals surface area (Å²) in [6.45, 7) is 1.37. The fourth-order valence-corrected chi connectivity index (χ4v) is 0.773. The van der Waals surface area contributed by atoms with Crippen LogP contribution in [0.4, 0.5) is 0 Å². The van der Waals surface area contributed by atoms with Crippen LogP contribution in [0.5, 0.6) is 0 Å². The van der Waals surface area contributed by atoms with Crippen LogP contribution in [0.2, 0.25) is 0 Å². The van der Waals surface area contributed by atoms with Crippen LogP contribution < -0.4 is 0 Å². The molecule has 0 aromatic heterocycles. The molecule has 0 spiro atoms. The van der Waals surface area contributed by atoms with Crippen molar-refractivity contribution in [1.82, 2.24) is 0 Å². The van der Waals surface area contributed by atoms with Crippen LogP contribution in [0.15, 0.2) is 36.6 Å². The van der Waals surface area contributed by atoms with E-state index < -0.39 is 0 Å². The minimum atomic E-state index is -0.304. The molecule has 0 aliphatic heterocycles. The average Bonchev–Trinajstić information content (AvgIpc) is 2.05. The van der Waals surface area contributed by atoms with Crippen molar-refractivity contribution >= 4 is 30.9 Å². The van der Waals surface area contributed by atoms with Crippen LogP contribution >= 0.6 is 0 Å². The van der Waals surface area contributed by atoms with Gasteiger partial charge in [-0.05, 0) is 11.6 Å². The van der Waals surface area contributed by atoms with Crippen LogP contribution in [-0.2, 0) is 9.53 Å². The minimum absolute atomic E-state index is 0. The fraction of sp³-hybridized carbons (Fsp3) is 0.100. The van der Waals surface area contributed by atoms with Crippen molar-refractivity contribution < 1.29 is 9.53 Å². The van der Waals surface area contributed by atoms with Crippen molar-refractivity contribution in [2.24, 2.45) is 0 Å². The van der Waals surface area contributed by atoms with Gasteiger partial charge >= 0.3 is 24.8 Å². The first-order valence-electron chi connectivity index (χ1n) is 3.68. The Balaban J connectivity index is 0.00000144. The van der Waals surface area contributed by atoms with Crippen molar-refractivity contribution in [2.75, 3.05) is 0 Å². The Bertz CT molecular complexity index is 280. The van der Waals surface area contributed by atoms with E-state index in [9.17, 15) is 4.79 Å². The Morgan fingerprint density at radius 3 is 2.46 bits per heavy atom. The van der Waals surface area contributed by atoms with E-state index in [4.69, 9.17) is 0 Å². The molecule has 0 heterocycles. The molecule has 0 N–H and O–H groups in total. The number of carbonyl (C=O) groups is 1. The molecule has 0 bridgehead atoms. The SMILES string of the molecule is CC(=O)OC=Cc1ccccc1.[LiH]. The summed E-state index contributed by atoms with van der Waals surface area (Å²) < 4.78 is 4.63. The number of ether oxygens (including phenoxy) is 1. The number of hydrogen-bond acceptors (Lipinski definition) is 2. The van der Waals surface area contributed by atoms with Gasteiger partial charge in [0.25, 0.3) is 0 Å². The molecule has 0 saturated heterocycles. The monoisotopic (exact) mass is 170 g/mol. The third-order valence-electron chi connectivity index (χ3n) is 1.29. The van der Waals surface area contributed by atoms with Crippen LogP contribution in [-0.4, -0.2) is 24.8 Å². The predicted octanol–water partition coefficient (Wildman–Crippen LogP) is 1.57. The molecule has 0 aliphatic rings. The van der Waals surface area contributed by atoms with Gasteiger partial charge in [-0.25, -0.2) is 0 Å². The van der Waals surface area contributed by atoms with Crippen molar-refractivity contribution in [3.8, 4) is 0 Å². The van der Waals surface area contributed by atoms with Crippen LogP contribution in [0.25, 0.3) is 6.08 Å². The molecule has 0 saturated carbocycles. The summed E-state index contributed by atoms with van der Waals surface area (Å²) >= 11 is 0. The quantitative estimate of drug-likeness (QED) is 0.382. The fourth-order valence-electron chi connectivity index (χ4n) is 0.773. The van der Waals surface area contributed by atoms with Gasteiger partial charge in [0, 0.05) is 6.92 Å². The Labute approximate surface area is 89.8 Å². The standard InChI is InChI=1S/C10H10O2.Li.H/c1-9(11)12-8-7-10-5-3-2-4-6-10;;/h2-8H,1H3;;. The van der Waals surface area contributed by atoms with Gasteiger partial charge in [-0.3, -0.25) is 4.79 Å². The van der Waals surface area contributed by atoms with Gasteiger partial charge in [0.2, 0.25) is 0 Å². The Morgan fingerprint density at radius 1 is 1.31 bits per heavy atom. The number of esters is 1. The van der Waals surface area contributed by atoms with Crippen molar-refractivity contribution in [2.45, 2.75) is 6.92 Å². The summed E-state index contributed by atoms with van der Waals surface area (Å²) in [6.07, 6.45) is 3.12. The topological polar surface area (TPSA) is 26.3 Å². The molecular weight excluding hydrogens is 159 g/mol. The van der Waals surface area contributed by atoms with Crippen LogP contribution in [0, 0.1) is 0 Å². The number of rotatable bonds is 2. The summed E-state index contributed by atoms with van der Waals surface area (Å²) in [7, 11) is 0. The Morgan fingerprint density at radius 2 is 1.92 bits per heavy atom. The molecule has 1 rings (SSSR count). The van der Waals surface area contributed by atoms with E-state index in [2.05, 4.69) is 4.74 Å². The van der Waals surface area contributed by atoms with Gasteiger partial charge in [-0.15, -0.1) is 0 Å². The molecule has 0 fully saturated rings. The molecule has 0 atom stereocenters. The molecule has 1 aromatic carbocycles. The molecule has 3 heteroatoms. The second kappa shape index (κ2) is 6.53. The summed E-state index contributed by atoms with van der Waals surface area (Å²) in [6, 6.07) is 9.64. The normalized spacial score (nSPS) is 9.31. The zero-order chi connectivity index (χ0) is 8.81. The maximum atomic E-state index is 10.4. The summed E-state index contributed by atoms with van der Waals surface area (Å²) in [4.78, 5) is 10.4. The summed E-state index contributed by atoms with van der Waals surface area (Å²) in [5.41, 5.74) is 1.01. The average molecular weight is 170 g/mol. The van der Waals surface area contributed by atoms with Crippen molar-refractivity contribution in [1.29, 1.82) is 0 Å². The number of benzene rings is 1. The zero-order valence-electron chi connectivity index (χ0n) is 6.86. The second-order valence-corrected chi connectivity index (χ2v) is 2.32. The molecule has 0 radical (unpaired) electrons. The van der Waals surface area contributed by atoms with E-state index >= 15 is 0 Å². The Hall–Kier alpha value is -0.973. The summed E-state index contributed by atoms with van der Waals surface area (Å²) in [5, 5.41) is 0. The van der Waals surface area contributed by atoms with Gasteiger partial charge in [-0.2, -0.15) is 0 Å². The first-order chi connectivity index (χ1) is 5.79. The first-order valence-corrected chi connectivity index (χ1v) is 3.68. The third kappa shape index (κ3) is 5.30. The predicted molar refractivity (Wildman–Crippen MR) is 54.4 cm³/mol. The first kappa shape index (κ1) is 12.0. The summed E-state index contributed by atoms with van der Waals surface area (Å²) in [5.74, 6) is -0.304. The van der Waals surface area contributed by atoms with E-state index in [0.717, 1.165) is 5.56 Å². The van der Waals surface area contributed by atoms with Gasteiger partial charge in [0.1, 0.15) is 0 Å². The van der Waals surface area contributed by atoms with E-state index in [1.165, 1.54) is 13.2 Å². The van der Waals surface area contributed by atoms with Crippen molar-refractivity contribution in [3.05, 3.63) is 42.2 Å². The second-order valence-electron chi connectivity index (χ2n) is 2.32. The molecule has 2 nitrogen and oxygen atoms in total. The van der Waals surface area contributed by atoms with Crippen LogP contribution in [0.1, 0.15) is 12.5 Å². The Kier molecular flexibility index (Phi) is 6.04. The molecule has 0 unspecified atom stereocenters. The van der Waals surface area contributed by atoms with Gasteiger partial charge in [0.15, 0.2) is 0 Å². The molecule has 64 valence electrons. The third-order valence-corrected chi connectivity index (χ3v) is 1.29. The molecule has 0 amide bonds. The van der Waals surface area contributed by atoms with Gasteiger partial charge in [-0.1, -0.05) is 30.3 Å². The van der Waals surface area contributed by atoms with E-state index in [1.54, 1.807) is 6.08 Å². The van der Waals surface area contributed by atoms with Crippen LogP contribution in [0.3, 0.4) is 0 Å². The van der Waals surface area contributed by atoms with E-state index in [1.807, 2.05) is 30.3 Å². The van der Waals surface area contributed by atoms with E-state index in [-0.39, 0.29) is 24.8 Å².